The number of fused-ring (bicyclic) bond motifs is 3. The summed E-state index contributed by atoms with van der Waals surface area (Å²) in [5, 5.41) is 8.42. The molecule has 0 aliphatic heterocycles. The van der Waals surface area contributed by atoms with Crippen molar-refractivity contribution in [1.82, 2.24) is 19.5 Å². The zero-order chi connectivity index (χ0) is 19.0. The van der Waals surface area contributed by atoms with Gasteiger partial charge in [-0.05, 0) is 29.7 Å². The Kier molecular flexibility index (Phi) is 4.61. The Bertz CT molecular complexity index is 1230. The van der Waals surface area contributed by atoms with E-state index in [0.717, 1.165) is 33.1 Å². The fraction of sp³-hybridized carbons (Fsp3) is 0.158. The number of aryl methyl sites for hydroxylation is 1. The Morgan fingerprint density at radius 3 is 2.81 bits per heavy atom. The predicted molar refractivity (Wildman–Crippen MR) is 105 cm³/mol. The summed E-state index contributed by atoms with van der Waals surface area (Å²) in [4.78, 5) is 12.8. The minimum Gasteiger partial charge on any atom is -0.760 e. The molecule has 0 fully saturated rings. The molecule has 0 saturated carbocycles. The smallest absolute Gasteiger partial charge is 0.262 e. The van der Waals surface area contributed by atoms with Gasteiger partial charge < -0.3 is 9.12 Å². The molecule has 138 valence electrons. The fourth-order valence-electron chi connectivity index (χ4n) is 3.45. The summed E-state index contributed by atoms with van der Waals surface area (Å²) >= 11 is -2.33. The van der Waals surface area contributed by atoms with Crippen LogP contribution >= 0.6 is 0 Å². The van der Waals surface area contributed by atoms with Gasteiger partial charge in [-0.25, -0.2) is 4.72 Å². The van der Waals surface area contributed by atoms with E-state index in [2.05, 4.69) is 14.9 Å². The third-order valence-electron chi connectivity index (χ3n) is 4.70. The number of nitrogens with one attached hydrogen (secondary N) is 2. The molecule has 1 unspecified atom stereocenters. The molecule has 2 aromatic carbocycles. The molecule has 0 saturated heterocycles. The highest BCUT2D eigenvalue weighted by molar-refractivity contribution is 7.77. The van der Waals surface area contributed by atoms with Crippen molar-refractivity contribution in [3.8, 4) is 11.1 Å². The van der Waals surface area contributed by atoms with Gasteiger partial charge >= 0.3 is 0 Å². The summed E-state index contributed by atoms with van der Waals surface area (Å²) in [7, 11) is 0. The van der Waals surface area contributed by atoms with Crippen molar-refractivity contribution in [3.63, 3.8) is 0 Å². The average molecular weight is 381 g/mol. The third kappa shape index (κ3) is 3.08. The van der Waals surface area contributed by atoms with Crippen molar-refractivity contribution >= 4 is 33.1 Å². The molecule has 0 bridgehead atoms. The lowest BCUT2D eigenvalue weighted by Gasteiger charge is -2.14. The molecule has 2 heterocycles. The maximum atomic E-state index is 12.8. The summed E-state index contributed by atoms with van der Waals surface area (Å²) < 4.78 is 25.8. The second-order valence-corrected chi connectivity index (χ2v) is 6.91. The molecule has 7 nitrogen and oxygen atoms in total. The zero-order valence-electron chi connectivity index (χ0n) is 14.6. The molecule has 0 aliphatic rings. The van der Waals surface area contributed by atoms with Gasteiger partial charge in [0.1, 0.15) is 0 Å². The van der Waals surface area contributed by atoms with E-state index in [-0.39, 0.29) is 12.1 Å². The molecule has 2 N–H and O–H groups in total. The van der Waals surface area contributed by atoms with Crippen LogP contribution in [0.2, 0.25) is 0 Å². The number of hydrogen-bond donors (Lipinski definition) is 2. The van der Waals surface area contributed by atoms with E-state index < -0.39 is 11.3 Å². The topological polar surface area (TPSA) is 103 Å². The highest BCUT2D eigenvalue weighted by Gasteiger charge is 2.13. The highest BCUT2D eigenvalue weighted by Crippen LogP contribution is 2.29. The van der Waals surface area contributed by atoms with Crippen molar-refractivity contribution in [2.45, 2.75) is 20.0 Å². The van der Waals surface area contributed by atoms with Crippen molar-refractivity contribution < 1.29 is 8.76 Å². The molecule has 2 aromatic heterocycles. The maximum absolute atomic E-state index is 12.8. The second kappa shape index (κ2) is 7.07. The molecule has 1 atom stereocenters. The van der Waals surface area contributed by atoms with E-state index in [1.54, 1.807) is 10.8 Å². The van der Waals surface area contributed by atoms with Crippen LogP contribution in [0.5, 0.6) is 0 Å². The molecule has 0 amide bonds. The SMILES string of the molecule is CCn1c(=O)c2cn[nH]c2c2ccc(-c3ccccc3CNS(=O)[O-])cc21. The van der Waals surface area contributed by atoms with Gasteiger partial charge in [-0.2, -0.15) is 5.10 Å². The van der Waals surface area contributed by atoms with E-state index in [1.807, 2.05) is 49.4 Å². The quantitative estimate of drug-likeness (QED) is 0.518. The number of aromatic nitrogens is 3. The van der Waals surface area contributed by atoms with Crippen LogP contribution in [0, 0.1) is 0 Å². The summed E-state index contributed by atoms with van der Waals surface area (Å²) in [6.07, 6.45) is 1.56. The van der Waals surface area contributed by atoms with Crippen molar-refractivity contribution in [2.24, 2.45) is 0 Å². The molecule has 0 radical (unpaired) electrons. The number of aromatic amines is 1. The van der Waals surface area contributed by atoms with E-state index in [0.29, 0.717) is 11.9 Å². The summed E-state index contributed by atoms with van der Waals surface area (Å²) in [5.74, 6) is 0. The molecule has 0 spiro atoms. The van der Waals surface area contributed by atoms with E-state index in [1.165, 1.54) is 0 Å². The lowest BCUT2D eigenvalue weighted by atomic mass is 9.98. The van der Waals surface area contributed by atoms with Gasteiger partial charge in [-0.1, -0.05) is 36.4 Å². The monoisotopic (exact) mass is 381 g/mol. The number of rotatable bonds is 5. The maximum Gasteiger partial charge on any atom is 0.262 e. The zero-order valence-corrected chi connectivity index (χ0v) is 15.4. The van der Waals surface area contributed by atoms with E-state index in [4.69, 9.17) is 0 Å². The minimum absolute atomic E-state index is 0.0809. The Balaban J connectivity index is 1.94. The first-order chi connectivity index (χ1) is 13.1. The number of H-pyrrole nitrogens is 1. The lowest BCUT2D eigenvalue weighted by Crippen LogP contribution is -2.19. The van der Waals surface area contributed by atoms with Crippen LogP contribution in [-0.2, 0) is 24.4 Å². The van der Waals surface area contributed by atoms with Crippen LogP contribution in [0.1, 0.15) is 12.5 Å². The number of pyridine rings is 1. The van der Waals surface area contributed by atoms with Crippen molar-refractivity contribution in [3.05, 3.63) is 64.6 Å². The van der Waals surface area contributed by atoms with Gasteiger partial charge in [0.25, 0.3) is 5.56 Å². The molecule has 4 rings (SSSR count). The first kappa shape index (κ1) is 17.6. The predicted octanol–water partition coefficient (Wildman–Crippen LogP) is 2.45. The summed E-state index contributed by atoms with van der Waals surface area (Å²) in [5.41, 5.74) is 4.14. The third-order valence-corrected chi connectivity index (χ3v) is 5.08. The van der Waals surface area contributed by atoms with Gasteiger partial charge in [-0.3, -0.25) is 14.1 Å². The molecule has 8 heteroatoms. The normalized spacial score (nSPS) is 12.7. The summed E-state index contributed by atoms with van der Waals surface area (Å²) in [6, 6.07) is 13.5. The van der Waals surface area contributed by atoms with Gasteiger partial charge in [0.2, 0.25) is 0 Å². The van der Waals surface area contributed by atoms with Crippen LogP contribution < -0.4 is 10.3 Å². The largest absolute Gasteiger partial charge is 0.760 e. The van der Waals surface area contributed by atoms with Gasteiger partial charge in [-0.15, -0.1) is 0 Å². The van der Waals surface area contributed by atoms with Crippen LogP contribution in [0.4, 0.5) is 0 Å². The minimum atomic E-state index is -2.33. The van der Waals surface area contributed by atoms with Crippen LogP contribution in [0.15, 0.2) is 53.5 Å². The first-order valence-corrected chi connectivity index (χ1v) is 9.58. The van der Waals surface area contributed by atoms with E-state index >= 15 is 0 Å². The van der Waals surface area contributed by atoms with Crippen molar-refractivity contribution in [2.75, 3.05) is 0 Å². The molecular weight excluding hydrogens is 364 g/mol. The van der Waals surface area contributed by atoms with Crippen LogP contribution in [0.25, 0.3) is 32.9 Å². The molecular formula is C19H17N4O3S-. The van der Waals surface area contributed by atoms with Crippen molar-refractivity contribution in [1.29, 1.82) is 0 Å². The lowest BCUT2D eigenvalue weighted by molar-refractivity contribution is 0.522. The molecule has 4 aromatic rings. The van der Waals surface area contributed by atoms with Gasteiger partial charge in [0, 0.05) is 29.7 Å². The second-order valence-electron chi connectivity index (χ2n) is 6.15. The first-order valence-electron chi connectivity index (χ1n) is 8.51. The van der Waals surface area contributed by atoms with Gasteiger partial charge in [0.05, 0.1) is 22.6 Å². The Morgan fingerprint density at radius 2 is 2.04 bits per heavy atom. The van der Waals surface area contributed by atoms with Crippen LogP contribution in [0.3, 0.4) is 0 Å². The molecule has 0 aliphatic carbocycles. The van der Waals surface area contributed by atoms with Gasteiger partial charge in [0.15, 0.2) is 0 Å². The standard InChI is InChI=1S/C19H18N4O3S/c1-2-23-17-9-12(14-6-4-3-5-13(14)10-21-27(25)26)7-8-15(17)18-16(19(23)24)11-20-22-18/h3-9,11,21H,2,10H2,1H3,(H,20,22)(H,25,26)/p-1. The van der Waals surface area contributed by atoms with Crippen LogP contribution in [-0.4, -0.2) is 23.5 Å². The average Bonchev–Trinajstić information content (AvgIpc) is 3.17. The number of hydrogen-bond acceptors (Lipinski definition) is 4. The Hall–Kier alpha value is -2.81. The highest BCUT2D eigenvalue weighted by atomic mass is 32.2. The Labute approximate surface area is 157 Å². The van der Waals surface area contributed by atoms with E-state index in [9.17, 15) is 13.6 Å². The molecule has 27 heavy (non-hydrogen) atoms. The number of nitrogens with zero attached hydrogens (tertiary/aromatic N) is 2. The number of benzene rings is 2. The fourth-order valence-corrected chi connectivity index (χ4v) is 3.72. The summed E-state index contributed by atoms with van der Waals surface area (Å²) in [6.45, 7) is 2.67. The Morgan fingerprint density at radius 1 is 1.22 bits per heavy atom.